The van der Waals surface area contributed by atoms with E-state index >= 15 is 0 Å². The van der Waals surface area contributed by atoms with Crippen LogP contribution in [-0.2, 0) is 0 Å². The van der Waals surface area contributed by atoms with Crippen molar-refractivity contribution >= 4 is 0 Å². The number of allylic oxidation sites excluding steroid dienone is 2. The lowest BCUT2D eigenvalue weighted by Gasteiger charge is -1.93. The number of halogens is 2. The lowest BCUT2D eigenvalue weighted by Crippen LogP contribution is -1.80. The van der Waals surface area contributed by atoms with Gasteiger partial charge >= 0.3 is 0 Å². The van der Waals surface area contributed by atoms with Gasteiger partial charge in [-0.2, -0.15) is 0 Å². The topological polar surface area (TPSA) is 0 Å². The van der Waals surface area contributed by atoms with Gasteiger partial charge in [0.25, 0.3) is 0 Å². The van der Waals surface area contributed by atoms with Gasteiger partial charge in [0.15, 0.2) is 0 Å². The molecule has 0 heterocycles. The van der Waals surface area contributed by atoms with E-state index in [1.165, 1.54) is 6.92 Å². The molecule has 0 fully saturated rings. The van der Waals surface area contributed by atoms with Crippen molar-refractivity contribution in [1.29, 1.82) is 0 Å². The minimum absolute atomic E-state index is 0.225. The van der Waals surface area contributed by atoms with E-state index in [1.807, 2.05) is 0 Å². The largest absolute Gasteiger partial charge is 0.251 e. The second-order valence-electron chi connectivity index (χ2n) is 1.75. The first-order chi connectivity index (χ1) is 3.68. The lowest BCUT2D eigenvalue weighted by atomic mass is 10.2. The van der Waals surface area contributed by atoms with Crippen LogP contribution in [0.2, 0.25) is 0 Å². The van der Waals surface area contributed by atoms with E-state index in [0.717, 1.165) is 0 Å². The fraction of sp³-hybridized carbons (Fsp3) is 0.667. The van der Waals surface area contributed by atoms with Crippen LogP contribution in [0.4, 0.5) is 8.78 Å². The normalized spacial score (nSPS) is 13.5. The van der Waals surface area contributed by atoms with Gasteiger partial charge in [-0.05, 0) is 25.8 Å². The van der Waals surface area contributed by atoms with Crippen molar-refractivity contribution in [2.24, 2.45) is 0 Å². The summed E-state index contributed by atoms with van der Waals surface area (Å²) in [6.07, 6.45) is 0.225. The van der Waals surface area contributed by atoms with Crippen molar-refractivity contribution in [3.63, 3.8) is 0 Å². The quantitative estimate of drug-likeness (QED) is 0.525. The summed E-state index contributed by atoms with van der Waals surface area (Å²) < 4.78 is 23.4. The molecule has 0 N–H and O–H groups in total. The Kier molecular flexibility index (Phi) is 3.40. The van der Waals surface area contributed by atoms with E-state index in [4.69, 9.17) is 0 Å². The molecule has 2 heteroatoms. The minimum Gasteiger partial charge on any atom is -0.251 e. The van der Waals surface area contributed by atoms with Crippen LogP contribution >= 0.6 is 0 Å². The van der Waals surface area contributed by atoms with Gasteiger partial charge < -0.3 is 0 Å². The fourth-order valence-electron chi connectivity index (χ4n) is 0.314. The van der Waals surface area contributed by atoms with Gasteiger partial charge in [0.1, 0.15) is 0 Å². The average Bonchev–Trinajstić information content (AvgIpc) is 1.67. The van der Waals surface area contributed by atoms with Crippen LogP contribution in [0, 0.1) is 0 Å². The molecule has 0 saturated carbocycles. The summed E-state index contributed by atoms with van der Waals surface area (Å²) in [5.41, 5.74) is 0.507. The van der Waals surface area contributed by atoms with Crippen LogP contribution in [0.25, 0.3) is 0 Å². The Morgan fingerprint density at radius 3 is 2.00 bits per heavy atom. The van der Waals surface area contributed by atoms with Crippen molar-refractivity contribution in [3.05, 3.63) is 11.4 Å². The molecule has 0 aliphatic carbocycles. The Bertz CT molecular complexity index is 90.7. The molecule has 0 saturated heterocycles. The molecule has 0 bridgehead atoms. The Hall–Kier alpha value is -0.400. The second kappa shape index (κ2) is 3.58. The summed E-state index contributed by atoms with van der Waals surface area (Å²) in [6.45, 7) is 2.47. The Morgan fingerprint density at radius 1 is 1.38 bits per heavy atom. The van der Waals surface area contributed by atoms with E-state index in [9.17, 15) is 8.78 Å². The van der Waals surface area contributed by atoms with Crippen molar-refractivity contribution in [2.45, 2.75) is 20.3 Å². The summed E-state index contributed by atoms with van der Waals surface area (Å²) >= 11 is 0. The second-order valence-corrected chi connectivity index (χ2v) is 1.75. The van der Waals surface area contributed by atoms with Crippen LogP contribution in [0.1, 0.15) is 20.3 Å². The number of hydrogen-bond acceptors (Lipinski definition) is 0. The Morgan fingerprint density at radius 2 is 1.88 bits per heavy atom. The highest BCUT2D eigenvalue weighted by Gasteiger charge is 1.92. The summed E-state index contributed by atoms with van der Waals surface area (Å²) in [6, 6.07) is 0. The minimum atomic E-state index is -0.465. The third kappa shape index (κ3) is 2.72. The smallest absolute Gasteiger partial charge is 0.0958 e. The van der Waals surface area contributed by atoms with Gasteiger partial charge in [0, 0.05) is 0 Å². The maximum atomic E-state index is 12.0. The molecule has 0 aromatic heterocycles. The van der Waals surface area contributed by atoms with Crippen molar-refractivity contribution in [1.82, 2.24) is 0 Å². The number of hydrogen-bond donors (Lipinski definition) is 0. The first kappa shape index (κ1) is 7.60. The van der Waals surface area contributed by atoms with Crippen LogP contribution in [0.15, 0.2) is 11.4 Å². The first-order valence-corrected chi connectivity index (χ1v) is 2.56. The molecule has 0 nitrogen and oxygen atoms in total. The SMILES string of the molecule is CC(F)=C(C)CCF. The zero-order chi connectivity index (χ0) is 6.57. The van der Waals surface area contributed by atoms with E-state index in [2.05, 4.69) is 0 Å². The summed E-state index contributed by atoms with van der Waals surface area (Å²) in [4.78, 5) is 0. The standard InChI is InChI=1S/C6H10F2/c1-5(3-4-7)6(2)8/h3-4H2,1-2H3. The highest BCUT2D eigenvalue weighted by Crippen LogP contribution is 2.07. The molecule has 0 radical (unpaired) electrons. The molecule has 0 aliphatic rings. The molecule has 0 atom stereocenters. The fourth-order valence-corrected chi connectivity index (χ4v) is 0.314. The Labute approximate surface area is 48.2 Å². The third-order valence-electron chi connectivity index (χ3n) is 1.06. The molecule has 0 aromatic carbocycles. The monoisotopic (exact) mass is 120 g/mol. The van der Waals surface area contributed by atoms with Crippen LogP contribution in [-0.4, -0.2) is 6.67 Å². The van der Waals surface area contributed by atoms with Crippen molar-refractivity contribution < 1.29 is 8.78 Å². The average molecular weight is 120 g/mol. The molecule has 0 aliphatic heterocycles. The lowest BCUT2D eigenvalue weighted by molar-refractivity contribution is 0.486. The molecular formula is C6H10F2. The predicted molar refractivity (Wildman–Crippen MR) is 30.1 cm³/mol. The van der Waals surface area contributed by atoms with Gasteiger partial charge in [0.2, 0.25) is 0 Å². The van der Waals surface area contributed by atoms with E-state index in [0.29, 0.717) is 5.57 Å². The molecule has 0 rings (SSSR count). The maximum Gasteiger partial charge on any atom is 0.0958 e. The number of alkyl halides is 1. The van der Waals surface area contributed by atoms with Crippen molar-refractivity contribution in [2.75, 3.05) is 6.67 Å². The summed E-state index contributed by atoms with van der Waals surface area (Å²) in [7, 11) is 0. The third-order valence-corrected chi connectivity index (χ3v) is 1.06. The van der Waals surface area contributed by atoms with Gasteiger partial charge in [-0.3, -0.25) is 4.39 Å². The molecule has 48 valence electrons. The highest BCUT2D eigenvalue weighted by molar-refractivity contribution is 5.01. The van der Waals surface area contributed by atoms with Gasteiger partial charge in [-0.25, -0.2) is 4.39 Å². The van der Waals surface area contributed by atoms with E-state index in [-0.39, 0.29) is 12.2 Å². The van der Waals surface area contributed by atoms with Gasteiger partial charge in [-0.15, -0.1) is 0 Å². The molecule has 0 aromatic rings. The van der Waals surface area contributed by atoms with Gasteiger partial charge in [-0.1, -0.05) is 0 Å². The van der Waals surface area contributed by atoms with Crippen molar-refractivity contribution in [3.8, 4) is 0 Å². The Balaban J connectivity index is 3.62. The van der Waals surface area contributed by atoms with E-state index in [1.54, 1.807) is 6.92 Å². The van der Waals surface area contributed by atoms with Crippen LogP contribution < -0.4 is 0 Å². The van der Waals surface area contributed by atoms with E-state index < -0.39 is 6.67 Å². The molecule has 0 spiro atoms. The predicted octanol–water partition coefficient (Wildman–Crippen LogP) is 2.61. The zero-order valence-electron chi connectivity index (χ0n) is 5.17. The van der Waals surface area contributed by atoms with Gasteiger partial charge in [0.05, 0.1) is 12.5 Å². The summed E-state index contributed by atoms with van der Waals surface area (Å²) in [5, 5.41) is 0. The summed E-state index contributed by atoms with van der Waals surface area (Å²) in [5.74, 6) is -0.261. The first-order valence-electron chi connectivity index (χ1n) is 2.56. The van der Waals surface area contributed by atoms with Crippen LogP contribution in [0.3, 0.4) is 0 Å². The molecule has 0 unspecified atom stereocenters. The molecular weight excluding hydrogens is 110 g/mol. The van der Waals surface area contributed by atoms with Crippen LogP contribution in [0.5, 0.6) is 0 Å². The molecule has 0 amide bonds. The maximum absolute atomic E-state index is 12.0. The number of rotatable bonds is 2. The highest BCUT2D eigenvalue weighted by atomic mass is 19.1. The zero-order valence-corrected chi connectivity index (χ0v) is 5.17. The molecule has 8 heavy (non-hydrogen) atoms.